The van der Waals surface area contributed by atoms with Gasteiger partial charge < -0.3 is 5.32 Å². The fraction of sp³-hybridized carbons (Fsp3) is 0.333. The Bertz CT molecular complexity index is 668. The van der Waals surface area contributed by atoms with Crippen LogP contribution in [0.4, 0.5) is 5.82 Å². The molecule has 2 rings (SSSR count). The molecular weight excluding hydrogens is 250 g/mol. The Morgan fingerprint density at radius 3 is 2.50 bits per heavy atom. The number of rotatable bonds is 4. The fourth-order valence-corrected chi connectivity index (χ4v) is 2.20. The highest BCUT2D eigenvalue weighted by molar-refractivity contribution is 7.90. The van der Waals surface area contributed by atoms with Gasteiger partial charge in [-0.1, -0.05) is 24.3 Å². The Kier molecular flexibility index (Phi) is 3.47. The summed E-state index contributed by atoms with van der Waals surface area (Å²) in [6.07, 6.45) is 1.22. The van der Waals surface area contributed by atoms with Crippen LogP contribution in [-0.4, -0.2) is 37.2 Å². The van der Waals surface area contributed by atoms with Crippen molar-refractivity contribution in [1.82, 2.24) is 10.2 Å². The molecule has 1 heterocycles. The Balaban J connectivity index is 2.26. The van der Waals surface area contributed by atoms with Gasteiger partial charge in [0.1, 0.15) is 9.84 Å². The lowest BCUT2D eigenvalue weighted by molar-refractivity contribution is 0.602. The van der Waals surface area contributed by atoms with Crippen molar-refractivity contribution in [2.45, 2.75) is 6.92 Å². The molecule has 0 bridgehead atoms. The average molecular weight is 265 g/mol. The van der Waals surface area contributed by atoms with E-state index in [0.29, 0.717) is 12.4 Å². The number of aromatic nitrogens is 2. The summed E-state index contributed by atoms with van der Waals surface area (Å²) in [6.45, 7) is 2.23. The fourth-order valence-electron chi connectivity index (χ4n) is 1.72. The smallest absolute Gasteiger partial charge is 0.156 e. The van der Waals surface area contributed by atoms with Crippen LogP contribution in [-0.2, 0) is 9.84 Å². The topological polar surface area (TPSA) is 72.0 Å². The number of sulfone groups is 1. The average Bonchev–Trinajstić information content (AvgIpc) is 2.31. The number of fused-ring (bicyclic) bond motifs is 1. The largest absolute Gasteiger partial charge is 0.367 e. The summed E-state index contributed by atoms with van der Waals surface area (Å²) in [4.78, 5) is 0. The molecule has 6 heteroatoms. The molecule has 1 aromatic heterocycles. The first-order valence-corrected chi connectivity index (χ1v) is 7.67. The molecule has 0 aliphatic heterocycles. The highest BCUT2D eigenvalue weighted by Crippen LogP contribution is 2.21. The Morgan fingerprint density at radius 1 is 1.17 bits per heavy atom. The molecule has 0 saturated heterocycles. The Hall–Kier alpha value is -1.69. The van der Waals surface area contributed by atoms with Crippen LogP contribution in [0.25, 0.3) is 10.8 Å². The Labute approximate surface area is 106 Å². The van der Waals surface area contributed by atoms with Crippen molar-refractivity contribution in [2.24, 2.45) is 0 Å². The molecule has 5 nitrogen and oxygen atoms in total. The van der Waals surface area contributed by atoms with E-state index in [1.54, 1.807) is 0 Å². The van der Waals surface area contributed by atoms with Crippen molar-refractivity contribution in [3.63, 3.8) is 0 Å². The van der Waals surface area contributed by atoms with Crippen LogP contribution in [0.5, 0.6) is 0 Å². The molecule has 96 valence electrons. The molecule has 0 atom stereocenters. The highest BCUT2D eigenvalue weighted by atomic mass is 32.2. The minimum absolute atomic E-state index is 0.0802. The molecule has 0 amide bonds. The summed E-state index contributed by atoms with van der Waals surface area (Å²) >= 11 is 0. The monoisotopic (exact) mass is 265 g/mol. The SMILES string of the molecule is Cc1nnc(NCCS(C)(=O)=O)c2ccccc12. The molecule has 0 saturated carbocycles. The quantitative estimate of drug-likeness (QED) is 0.904. The first-order chi connectivity index (χ1) is 8.47. The molecule has 1 N–H and O–H groups in total. The van der Waals surface area contributed by atoms with Crippen LogP contribution in [0, 0.1) is 6.92 Å². The third-order valence-corrected chi connectivity index (χ3v) is 3.58. The number of anilines is 1. The van der Waals surface area contributed by atoms with E-state index >= 15 is 0 Å². The zero-order valence-corrected chi connectivity index (χ0v) is 11.2. The predicted molar refractivity (Wildman–Crippen MR) is 72.5 cm³/mol. The van der Waals surface area contributed by atoms with Crippen molar-refractivity contribution < 1.29 is 8.42 Å². The number of aryl methyl sites for hydroxylation is 1. The summed E-state index contributed by atoms with van der Waals surface area (Å²) in [6, 6.07) is 7.78. The second kappa shape index (κ2) is 4.89. The zero-order chi connectivity index (χ0) is 13.2. The molecule has 0 fully saturated rings. The van der Waals surface area contributed by atoms with Gasteiger partial charge in [0.25, 0.3) is 0 Å². The van der Waals surface area contributed by atoms with E-state index in [1.807, 2.05) is 31.2 Å². The number of hydrogen-bond acceptors (Lipinski definition) is 5. The summed E-state index contributed by atoms with van der Waals surface area (Å²) in [5.74, 6) is 0.705. The van der Waals surface area contributed by atoms with Gasteiger partial charge in [-0.2, -0.15) is 5.10 Å². The van der Waals surface area contributed by atoms with Gasteiger partial charge >= 0.3 is 0 Å². The van der Waals surface area contributed by atoms with Crippen molar-refractivity contribution in [1.29, 1.82) is 0 Å². The van der Waals surface area contributed by atoms with Crippen LogP contribution in [0.2, 0.25) is 0 Å². The summed E-state index contributed by atoms with van der Waals surface area (Å²) in [5, 5.41) is 13.1. The molecular formula is C12H15N3O2S. The lowest BCUT2D eigenvalue weighted by atomic mass is 10.1. The van der Waals surface area contributed by atoms with Crippen molar-refractivity contribution in [2.75, 3.05) is 23.9 Å². The molecule has 0 aliphatic rings. The third-order valence-electron chi connectivity index (χ3n) is 2.64. The van der Waals surface area contributed by atoms with Crippen LogP contribution in [0.1, 0.15) is 5.69 Å². The van der Waals surface area contributed by atoms with Crippen molar-refractivity contribution >= 4 is 26.4 Å². The zero-order valence-electron chi connectivity index (χ0n) is 10.3. The van der Waals surface area contributed by atoms with Crippen LogP contribution < -0.4 is 5.32 Å². The maximum Gasteiger partial charge on any atom is 0.156 e. The van der Waals surface area contributed by atoms with E-state index in [9.17, 15) is 8.42 Å². The van der Waals surface area contributed by atoms with Crippen LogP contribution in [0.3, 0.4) is 0 Å². The summed E-state index contributed by atoms with van der Waals surface area (Å²) in [7, 11) is -2.97. The summed E-state index contributed by atoms with van der Waals surface area (Å²) in [5.41, 5.74) is 0.860. The second-order valence-corrected chi connectivity index (χ2v) is 6.50. The number of hydrogen-bond donors (Lipinski definition) is 1. The Morgan fingerprint density at radius 2 is 1.83 bits per heavy atom. The normalized spacial score (nSPS) is 11.7. The van der Waals surface area contributed by atoms with Gasteiger partial charge in [0, 0.05) is 23.6 Å². The van der Waals surface area contributed by atoms with Gasteiger partial charge in [-0.3, -0.25) is 0 Å². The number of benzene rings is 1. The van der Waals surface area contributed by atoms with Gasteiger partial charge in [0.2, 0.25) is 0 Å². The standard InChI is InChI=1S/C12H15N3O2S/c1-9-10-5-3-4-6-11(10)12(15-14-9)13-7-8-18(2,16)17/h3-6H,7-8H2,1-2H3,(H,13,15). The van der Waals surface area contributed by atoms with Gasteiger partial charge in [0.05, 0.1) is 11.4 Å². The van der Waals surface area contributed by atoms with E-state index in [-0.39, 0.29) is 5.75 Å². The number of nitrogens with zero attached hydrogens (tertiary/aromatic N) is 2. The molecule has 1 aromatic carbocycles. The molecule has 0 unspecified atom stereocenters. The number of nitrogens with one attached hydrogen (secondary N) is 1. The molecule has 2 aromatic rings. The van der Waals surface area contributed by atoms with E-state index in [4.69, 9.17) is 0 Å². The van der Waals surface area contributed by atoms with Gasteiger partial charge in [-0.15, -0.1) is 5.10 Å². The van der Waals surface area contributed by atoms with Crippen LogP contribution in [0.15, 0.2) is 24.3 Å². The first-order valence-electron chi connectivity index (χ1n) is 5.61. The lowest BCUT2D eigenvalue weighted by Gasteiger charge is -2.08. The minimum atomic E-state index is -2.97. The molecule has 0 aliphatic carbocycles. The molecule has 0 spiro atoms. The maximum absolute atomic E-state index is 11.1. The van der Waals surface area contributed by atoms with Gasteiger partial charge in [-0.25, -0.2) is 8.42 Å². The van der Waals surface area contributed by atoms with Crippen LogP contribution >= 0.6 is 0 Å². The predicted octanol–water partition coefficient (Wildman–Crippen LogP) is 1.39. The van der Waals surface area contributed by atoms with Gasteiger partial charge in [0.15, 0.2) is 5.82 Å². The van der Waals surface area contributed by atoms with E-state index in [2.05, 4.69) is 15.5 Å². The first kappa shape index (κ1) is 12.8. The minimum Gasteiger partial charge on any atom is -0.367 e. The highest BCUT2D eigenvalue weighted by Gasteiger charge is 2.07. The lowest BCUT2D eigenvalue weighted by Crippen LogP contribution is -2.15. The van der Waals surface area contributed by atoms with Gasteiger partial charge in [-0.05, 0) is 6.92 Å². The van der Waals surface area contributed by atoms with Crippen molar-refractivity contribution in [3.8, 4) is 0 Å². The second-order valence-electron chi connectivity index (χ2n) is 4.24. The van der Waals surface area contributed by atoms with E-state index in [0.717, 1.165) is 16.5 Å². The maximum atomic E-state index is 11.1. The third kappa shape index (κ3) is 2.95. The van der Waals surface area contributed by atoms with E-state index in [1.165, 1.54) is 6.26 Å². The molecule has 0 radical (unpaired) electrons. The van der Waals surface area contributed by atoms with E-state index < -0.39 is 9.84 Å². The van der Waals surface area contributed by atoms with Crippen molar-refractivity contribution in [3.05, 3.63) is 30.0 Å². The molecule has 18 heavy (non-hydrogen) atoms. The summed E-state index contributed by atoms with van der Waals surface area (Å²) < 4.78 is 22.1.